The molecular formula is C14H22ClNO2S2. The summed E-state index contributed by atoms with van der Waals surface area (Å²) in [7, 11) is -3.34. The van der Waals surface area contributed by atoms with E-state index in [0.717, 1.165) is 24.1 Å². The van der Waals surface area contributed by atoms with Crippen LogP contribution in [0.2, 0.25) is 0 Å². The van der Waals surface area contributed by atoms with Crippen molar-refractivity contribution in [3.05, 3.63) is 16.3 Å². The molecule has 0 spiro atoms. The number of sulfonamides is 1. The van der Waals surface area contributed by atoms with Gasteiger partial charge in [0.15, 0.2) is 0 Å². The van der Waals surface area contributed by atoms with Crippen LogP contribution in [-0.2, 0) is 15.9 Å². The molecule has 1 saturated heterocycles. The molecule has 114 valence electrons. The number of nitrogens with zero attached hydrogens (tertiary/aromatic N) is 1. The third-order valence-electron chi connectivity index (χ3n) is 4.07. The maximum Gasteiger partial charge on any atom is 0.243 e. The minimum atomic E-state index is -3.34. The van der Waals surface area contributed by atoms with Gasteiger partial charge in [0.2, 0.25) is 10.0 Å². The van der Waals surface area contributed by atoms with E-state index >= 15 is 0 Å². The van der Waals surface area contributed by atoms with Crippen LogP contribution >= 0.6 is 22.9 Å². The molecule has 6 heteroatoms. The first-order chi connectivity index (χ1) is 9.45. The van der Waals surface area contributed by atoms with Gasteiger partial charge in [-0.1, -0.05) is 13.8 Å². The summed E-state index contributed by atoms with van der Waals surface area (Å²) in [5.41, 5.74) is 0. The van der Waals surface area contributed by atoms with Crippen molar-refractivity contribution in [2.24, 2.45) is 11.8 Å². The molecule has 20 heavy (non-hydrogen) atoms. The first-order valence-electron chi connectivity index (χ1n) is 7.08. The van der Waals surface area contributed by atoms with Gasteiger partial charge in [-0.2, -0.15) is 4.31 Å². The largest absolute Gasteiger partial charge is 0.243 e. The van der Waals surface area contributed by atoms with Crippen LogP contribution in [0.3, 0.4) is 0 Å². The number of hydrogen-bond donors (Lipinski definition) is 0. The highest BCUT2D eigenvalue weighted by molar-refractivity contribution is 7.89. The molecule has 1 aliphatic heterocycles. The summed E-state index contributed by atoms with van der Waals surface area (Å²) in [6.07, 6.45) is 3.04. The smallest absolute Gasteiger partial charge is 0.207 e. The summed E-state index contributed by atoms with van der Waals surface area (Å²) < 4.78 is 26.9. The van der Waals surface area contributed by atoms with Gasteiger partial charge in [-0.3, -0.25) is 0 Å². The lowest BCUT2D eigenvalue weighted by Gasteiger charge is -2.20. The second kappa shape index (κ2) is 6.77. The fourth-order valence-corrected chi connectivity index (χ4v) is 5.59. The summed E-state index contributed by atoms with van der Waals surface area (Å²) in [4.78, 5) is 1.31. The standard InChI is InChI=1S/C14H22ClNO2S2/c1-11(2)12-4-3-6-16(7-5-12)20(17,18)14-8-13(9-15)19-10-14/h8,10-12H,3-7,9H2,1-2H3. The van der Waals surface area contributed by atoms with Crippen LogP contribution in [0.5, 0.6) is 0 Å². The van der Waals surface area contributed by atoms with Crippen LogP contribution in [-0.4, -0.2) is 25.8 Å². The van der Waals surface area contributed by atoms with Crippen LogP contribution < -0.4 is 0 Å². The molecule has 1 unspecified atom stereocenters. The molecule has 1 aliphatic rings. The Morgan fingerprint density at radius 1 is 1.40 bits per heavy atom. The molecule has 0 amide bonds. The number of alkyl halides is 1. The molecule has 2 rings (SSSR count). The van der Waals surface area contributed by atoms with Crippen LogP contribution in [0.25, 0.3) is 0 Å². The predicted molar refractivity (Wildman–Crippen MR) is 84.8 cm³/mol. The van der Waals surface area contributed by atoms with Crippen LogP contribution in [0.1, 0.15) is 38.0 Å². The highest BCUT2D eigenvalue weighted by Gasteiger charge is 2.29. The van der Waals surface area contributed by atoms with E-state index in [4.69, 9.17) is 11.6 Å². The zero-order valence-electron chi connectivity index (χ0n) is 12.0. The average Bonchev–Trinajstić information content (AvgIpc) is 2.75. The molecule has 0 radical (unpaired) electrons. The van der Waals surface area contributed by atoms with Crippen molar-refractivity contribution in [3.8, 4) is 0 Å². The van der Waals surface area contributed by atoms with Gasteiger partial charge in [0.1, 0.15) is 0 Å². The Bertz CT molecular complexity index is 539. The molecule has 1 aromatic rings. The van der Waals surface area contributed by atoms with E-state index in [9.17, 15) is 8.42 Å². The zero-order chi connectivity index (χ0) is 14.8. The van der Waals surface area contributed by atoms with Gasteiger partial charge in [-0.05, 0) is 37.2 Å². The lowest BCUT2D eigenvalue weighted by atomic mass is 9.89. The molecule has 2 heterocycles. The SMILES string of the molecule is CC(C)C1CCCN(S(=O)(=O)c2csc(CCl)c2)CC1. The lowest BCUT2D eigenvalue weighted by Crippen LogP contribution is -2.32. The minimum Gasteiger partial charge on any atom is -0.207 e. The number of halogens is 1. The molecular weight excluding hydrogens is 314 g/mol. The van der Waals surface area contributed by atoms with Crippen molar-refractivity contribution < 1.29 is 8.42 Å². The van der Waals surface area contributed by atoms with Gasteiger partial charge in [0.25, 0.3) is 0 Å². The quantitative estimate of drug-likeness (QED) is 0.782. The second-order valence-corrected chi connectivity index (χ2v) is 8.92. The van der Waals surface area contributed by atoms with Crippen LogP contribution in [0, 0.1) is 11.8 Å². The molecule has 1 fully saturated rings. The monoisotopic (exact) mass is 335 g/mol. The summed E-state index contributed by atoms with van der Waals surface area (Å²) >= 11 is 7.17. The summed E-state index contributed by atoms with van der Waals surface area (Å²) in [6.45, 7) is 5.72. The van der Waals surface area contributed by atoms with Crippen molar-refractivity contribution in [1.29, 1.82) is 0 Å². The van der Waals surface area contributed by atoms with Gasteiger partial charge in [0.05, 0.1) is 10.8 Å². The van der Waals surface area contributed by atoms with Crippen molar-refractivity contribution >= 4 is 33.0 Å². The zero-order valence-corrected chi connectivity index (χ0v) is 14.4. The van der Waals surface area contributed by atoms with Crippen LogP contribution in [0.15, 0.2) is 16.3 Å². The first-order valence-corrected chi connectivity index (χ1v) is 9.94. The molecule has 0 aromatic carbocycles. The first kappa shape index (κ1) is 16.3. The summed E-state index contributed by atoms with van der Waals surface area (Å²) in [5.74, 6) is 1.63. The minimum absolute atomic E-state index is 0.371. The van der Waals surface area contributed by atoms with Crippen molar-refractivity contribution in [1.82, 2.24) is 4.31 Å². The number of hydrogen-bond acceptors (Lipinski definition) is 3. The summed E-state index contributed by atoms with van der Waals surface area (Å²) in [6, 6.07) is 1.71. The third kappa shape index (κ3) is 3.56. The van der Waals surface area contributed by atoms with E-state index < -0.39 is 10.0 Å². The maximum absolute atomic E-state index is 12.6. The Balaban J connectivity index is 2.13. The topological polar surface area (TPSA) is 37.4 Å². The maximum atomic E-state index is 12.6. The fourth-order valence-electron chi connectivity index (χ4n) is 2.72. The van der Waals surface area contributed by atoms with E-state index in [-0.39, 0.29) is 0 Å². The Labute approximate surface area is 131 Å². The van der Waals surface area contributed by atoms with Gasteiger partial charge in [-0.15, -0.1) is 22.9 Å². The summed E-state index contributed by atoms with van der Waals surface area (Å²) in [5, 5.41) is 1.71. The molecule has 0 aliphatic carbocycles. The Morgan fingerprint density at radius 3 is 2.75 bits per heavy atom. The number of thiophene rings is 1. The highest BCUT2D eigenvalue weighted by atomic mass is 35.5. The van der Waals surface area contributed by atoms with Crippen molar-refractivity contribution in [3.63, 3.8) is 0 Å². The average molecular weight is 336 g/mol. The van der Waals surface area contributed by atoms with E-state index in [0.29, 0.717) is 35.7 Å². The van der Waals surface area contributed by atoms with Gasteiger partial charge in [-0.25, -0.2) is 8.42 Å². The molecule has 3 nitrogen and oxygen atoms in total. The normalized spacial score (nSPS) is 22.1. The Morgan fingerprint density at radius 2 is 2.15 bits per heavy atom. The van der Waals surface area contributed by atoms with Gasteiger partial charge in [0, 0.05) is 23.3 Å². The van der Waals surface area contributed by atoms with E-state index in [1.54, 1.807) is 15.8 Å². The van der Waals surface area contributed by atoms with Crippen LogP contribution in [0.4, 0.5) is 0 Å². The van der Waals surface area contributed by atoms with Gasteiger partial charge >= 0.3 is 0 Å². The second-order valence-electron chi connectivity index (χ2n) is 5.72. The predicted octanol–water partition coefficient (Wildman–Crippen LogP) is 3.93. The van der Waals surface area contributed by atoms with Crippen molar-refractivity contribution in [2.45, 2.75) is 43.9 Å². The van der Waals surface area contributed by atoms with E-state index in [1.165, 1.54) is 11.3 Å². The van der Waals surface area contributed by atoms with Gasteiger partial charge < -0.3 is 0 Å². The Kier molecular flexibility index (Phi) is 5.51. The Hall–Kier alpha value is -0.100. The van der Waals surface area contributed by atoms with Crippen molar-refractivity contribution in [2.75, 3.05) is 13.1 Å². The third-order valence-corrected chi connectivity index (χ3v) is 7.48. The lowest BCUT2D eigenvalue weighted by molar-refractivity contribution is 0.341. The number of rotatable bonds is 4. The molecule has 1 atom stereocenters. The fraction of sp³-hybridized carbons (Fsp3) is 0.714. The van der Waals surface area contributed by atoms with E-state index in [1.807, 2.05) is 0 Å². The van der Waals surface area contributed by atoms with E-state index in [2.05, 4.69) is 13.8 Å². The highest BCUT2D eigenvalue weighted by Crippen LogP contribution is 2.29. The molecule has 1 aromatic heterocycles. The molecule has 0 bridgehead atoms. The molecule has 0 saturated carbocycles. The molecule has 0 N–H and O–H groups in total.